The SMILES string of the molecule is C/C(=C\S(=O)(=O)Nc1ccccc1)CS(=O)(=O)Nc1ccccc1. The van der Waals surface area contributed by atoms with Crippen LogP contribution in [0.5, 0.6) is 0 Å². The van der Waals surface area contributed by atoms with E-state index in [9.17, 15) is 16.8 Å². The maximum absolute atomic E-state index is 12.1. The van der Waals surface area contributed by atoms with E-state index in [1.165, 1.54) is 6.92 Å². The van der Waals surface area contributed by atoms with Crippen LogP contribution in [0, 0.1) is 0 Å². The first kappa shape index (κ1) is 18.0. The van der Waals surface area contributed by atoms with Crippen LogP contribution in [0.15, 0.2) is 71.6 Å². The van der Waals surface area contributed by atoms with E-state index in [1.807, 2.05) is 0 Å². The molecule has 0 aliphatic heterocycles. The van der Waals surface area contributed by atoms with Gasteiger partial charge in [0.25, 0.3) is 10.0 Å². The maximum Gasteiger partial charge on any atom is 0.254 e. The van der Waals surface area contributed by atoms with Crippen LogP contribution in [0.4, 0.5) is 11.4 Å². The van der Waals surface area contributed by atoms with E-state index < -0.39 is 25.8 Å². The van der Waals surface area contributed by atoms with Gasteiger partial charge in [-0.15, -0.1) is 0 Å². The molecule has 24 heavy (non-hydrogen) atoms. The predicted molar refractivity (Wildman–Crippen MR) is 96.6 cm³/mol. The third kappa shape index (κ3) is 6.05. The zero-order valence-electron chi connectivity index (χ0n) is 13.0. The quantitative estimate of drug-likeness (QED) is 0.788. The number of hydrogen-bond acceptors (Lipinski definition) is 4. The van der Waals surface area contributed by atoms with Gasteiger partial charge in [0.1, 0.15) is 0 Å². The summed E-state index contributed by atoms with van der Waals surface area (Å²) in [5.74, 6) is -0.419. The molecule has 0 heterocycles. The van der Waals surface area contributed by atoms with E-state index in [0.717, 1.165) is 5.41 Å². The van der Waals surface area contributed by atoms with Gasteiger partial charge in [0.15, 0.2) is 0 Å². The van der Waals surface area contributed by atoms with Gasteiger partial charge in [-0.25, -0.2) is 16.8 Å². The Kier molecular flexibility index (Phi) is 5.63. The van der Waals surface area contributed by atoms with Crippen molar-refractivity contribution >= 4 is 31.4 Å². The highest BCUT2D eigenvalue weighted by atomic mass is 32.2. The average Bonchev–Trinajstić information content (AvgIpc) is 2.46. The Morgan fingerprint density at radius 3 is 1.79 bits per heavy atom. The molecule has 2 aromatic rings. The summed E-state index contributed by atoms with van der Waals surface area (Å²) in [7, 11) is -7.47. The van der Waals surface area contributed by atoms with Crippen LogP contribution in [-0.4, -0.2) is 22.6 Å². The Morgan fingerprint density at radius 2 is 1.29 bits per heavy atom. The van der Waals surface area contributed by atoms with Crippen molar-refractivity contribution in [2.75, 3.05) is 15.2 Å². The second-order valence-electron chi connectivity index (χ2n) is 5.20. The summed E-state index contributed by atoms with van der Waals surface area (Å²) in [6.45, 7) is 1.45. The number of nitrogens with one attached hydrogen (secondary N) is 2. The van der Waals surface area contributed by atoms with Crippen molar-refractivity contribution in [2.24, 2.45) is 0 Å². The van der Waals surface area contributed by atoms with Crippen LogP contribution >= 0.6 is 0 Å². The Labute approximate surface area is 142 Å². The Balaban J connectivity index is 2.07. The summed E-state index contributed by atoms with van der Waals surface area (Å²) < 4.78 is 53.0. The fraction of sp³-hybridized carbons (Fsp3) is 0.125. The molecule has 128 valence electrons. The topological polar surface area (TPSA) is 92.3 Å². The highest BCUT2D eigenvalue weighted by molar-refractivity contribution is 7.95. The lowest BCUT2D eigenvalue weighted by Crippen LogP contribution is -2.18. The second kappa shape index (κ2) is 7.50. The lowest BCUT2D eigenvalue weighted by Gasteiger charge is -2.09. The molecule has 2 aromatic carbocycles. The summed E-state index contributed by atoms with van der Waals surface area (Å²) >= 11 is 0. The van der Waals surface area contributed by atoms with Crippen LogP contribution in [0.2, 0.25) is 0 Å². The molecule has 0 aromatic heterocycles. The molecule has 0 bridgehead atoms. The molecule has 0 fully saturated rings. The van der Waals surface area contributed by atoms with Gasteiger partial charge in [0.05, 0.1) is 11.2 Å². The molecule has 2 N–H and O–H groups in total. The fourth-order valence-corrected chi connectivity index (χ4v) is 4.51. The van der Waals surface area contributed by atoms with E-state index >= 15 is 0 Å². The summed E-state index contributed by atoms with van der Waals surface area (Å²) in [4.78, 5) is 0. The van der Waals surface area contributed by atoms with Gasteiger partial charge in [0, 0.05) is 11.4 Å². The molecular formula is C16H18N2O4S2. The fourth-order valence-electron chi connectivity index (χ4n) is 2.02. The van der Waals surface area contributed by atoms with Gasteiger partial charge >= 0.3 is 0 Å². The molecule has 2 rings (SSSR count). The number of benzene rings is 2. The monoisotopic (exact) mass is 366 g/mol. The number of sulfonamides is 2. The second-order valence-corrected chi connectivity index (χ2v) is 8.46. The Hall–Kier alpha value is -2.32. The number of rotatable bonds is 7. The molecule has 0 amide bonds. The van der Waals surface area contributed by atoms with Crippen molar-refractivity contribution in [3.05, 3.63) is 71.6 Å². The molecule has 0 saturated heterocycles. The average molecular weight is 366 g/mol. The molecule has 0 unspecified atom stereocenters. The molecule has 0 saturated carbocycles. The van der Waals surface area contributed by atoms with Gasteiger partial charge in [0.2, 0.25) is 10.0 Å². The molecule has 8 heteroatoms. The third-order valence-corrected chi connectivity index (χ3v) is 5.47. The largest absolute Gasteiger partial charge is 0.283 e. The molecule has 6 nitrogen and oxygen atoms in total. The van der Waals surface area contributed by atoms with Gasteiger partial charge < -0.3 is 0 Å². The summed E-state index contributed by atoms with van der Waals surface area (Å²) in [6, 6.07) is 16.8. The van der Waals surface area contributed by atoms with Crippen LogP contribution in [0.1, 0.15) is 6.92 Å². The summed E-state index contributed by atoms with van der Waals surface area (Å²) in [5.41, 5.74) is 1.03. The number of para-hydroxylation sites is 2. The van der Waals surface area contributed by atoms with Crippen LogP contribution in [-0.2, 0) is 20.0 Å². The molecule has 0 atom stereocenters. The first-order valence-corrected chi connectivity index (χ1v) is 10.3. The van der Waals surface area contributed by atoms with Crippen LogP contribution in [0.25, 0.3) is 0 Å². The number of hydrogen-bond donors (Lipinski definition) is 2. The van der Waals surface area contributed by atoms with Crippen molar-refractivity contribution in [2.45, 2.75) is 6.92 Å². The summed E-state index contributed by atoms with van der Waals surface area (Å²) in [5, 5.41) is 0.921. The molecule has 0 spiro atoms. The van der Waals surface area contributed by atoms with E-state index in [1.54, 1.807) is 60.7 Å². The third-order valence-electron chi connectivity index (χ3n) is 2.86. The van der Waals surface area contributed by atoms with Crippen molar-refractivity contribution in [1.29, 1.82) is 0 Å². The minimum Gasteiger partial charge on any atom is -0.283 e. The minimum atomic E-state index is -3.78. The molecule has 0 aliphatic carbocycles. The zero-order chi connectivity index (χ0) is 17.6. The molecule has 0 aliphatic rings. The van der Waals surface area contributed by atoms with Gasteiger partial charge in [-0.2, -0.15) is 0 Å². The van der Waals surface area contributed by atoms with Crippen molar-refractivity contribution in [3.8, 4) is 0 Å². The Bertz CT molecular complexity index is 907. The van der Waals surface area contributed by atoms with E-state index in [-0.39, 0.29) is 5.57 Å². The highest BCUT2D eigenvalue weighted by Gasteiger charge is 2.14. The van der Waals surface area contributed by atoms with Gasteiger partial charge in [-0.3, -0.25) is 9.44 Å². The summed E-state index contributed by atoms with van der Waals surface area (Å²) in [6.07, 6.45) is 0. The van der Waals surface area contributed by atoms with Gasteiger partial charge in [-0.1, -0.05) is 36.4 Å². The lowest BCUT2D eigenvalue weighted by atomic mass is 10.3. The minimum absolute atomic E-state index is 0.196. The molecule has 0 radical (unpaired) electrons. The van der Waals surface area contributed by atoms with Crippen LogP contribution in [0.3, 0.4) is 0 Å². The number of anilines is 2. The van der Waals surface area contributed by atoms with Crippen molar-refractivity contribution < 1.29 is 16.8 Å². The Morgan fingerprint density at radius 1 is 0.833 bits per heavy atom. The normalized spacial score (nSPS) is 12.6. The van der Waals surface area contributed by atoms with Gasteiger partial charge in [-0.05, 0) is 36.8 Å². The van der Waals surface area contributed by atoms with E-state index in [2.05, 4.69) is 9.44 Å². The van der Waals surface area contributed by atoms with E-state index in [4.69, 9.17) is 0 Å². The van der Waals surface area contributed by atoms with E-state index in [0.29, 0.717) is 11.4 Å². The van der Waals surface area contributed by atoms with Crippen LogP contribution < -0.4 is 9.44 Å². The lowest BCUT2D eigenvalue weighted by molar-refractivity contribution is 0.603. The standard InChI is InChI=1S/C16H18N2O4S2/c1-14(12-23(19,20)17-15-8-4-2-5-9-15)13-24(21,22)18-16-10-6-3-7-11-16/h2-12,17-18H,13H2,1H3/b14-12+. The maximum atomic E-state index is 12.1. The smallest absolute Gasteiger partial charge is 0.254 e. The molecular weight excluding hydrogens is 348 g/mol. The van der Waals surface area contributed by atoms with Crippen molar-refractivity contribution in [1.82, 2.24) is 0 Å². The first-order valence-electron chi connectivity index (χ1n) is 7.06. The first-order chi connectivity index (χ1) is 11.3. The predicted octanol–water partition coefficient (Wildman–Crippen LogP) is 2.77. The zero-order valence-corrected chi connectivity index (χ0v) is 14.6. The van der Waals surface area contributed by atoms with Crippen molar-refractivity contribution in [3.63, 3.8) is 0 Å². The highest BCUT2D eigenvalue weighted by Crippen LogP contribution is 2.13.